The molecular weight excluding hydrogens is 244 g/mol. The number of primary sulfonamides is 1. The molecule has 0 spiro atoms. The number of sulfonamides is 1. The largest absolute Gasteiger partial charge is 0.465 e. The number of carbonyl (C=O) groups excluding carboxylic acids is 1. The molecule has 0 unspecified atom stereocenters. The maximum atomic E-state index is 11.1. The van der Waals surface area contributed by atoms with Crippen LogP contribution in [0.1, 0.15) is 10.4 Å². The van der Waals surface area contributed by atoms with Gasteiger partial charge in [-0.2, -0.15) is 0 Å². The summed E-state index contributed by atoms with van der Waals surface area (Å²) < 4.78 is 26.4. The number of methoxy groups -OCH3 is 1. The fourth-order valence-corrected chi connectivity index (χ4v) is 1.86. The van der Waals surface area contributed by atoms with Crippen molar-refractivity contribution >= 4 is 27.6 Å². The van der Waals surface area contributed by atoms with Gasteiger partial charge < -0.3 is 4.74 Å². The normalized spacial score (nSPS) is 11.1. The summed E-state index contributed by atoms with van der Waals surface area (Å²) in [6, 6.07) is 1.01. The smallest absolute Gasteiger partial charge is 0.339 e. The lowest BCUT2D eigenvalue weighted by molar-refractivity contribution is 0.0600. The van der Waals surface area contributed by atoms with Crippen LogP contribution in [0.2, 0.25) is 5.15 Å². The third kappa shape index (κ3) is 2.65. The lowest BCUT2D eigenvalue weighted by Gasteiger charge is -2.03. The first-order valence-electron chi connectivity index (χ1n) is 3.63. The van der Waals surface area contributed by atoms with Crippen LogP contribution in [0.5, 0.6) is 0 Å². The molecular formula is C7H7ClN2O4S. The van der Waals surface area contributed by atoms with Crippen molar-refractivity contribution in [3.8, 4) is 0 Å². The molecule has 0 fully saturated rings. The fraction of sp³-hybridized carbons (Fsp3) is 0.143. The van der Waals surface area contributed by atoms with Gasteiger partial charge >= 0.3 is 5.97 Å². The zero-order chi connectivity index (χ0) is 11.6. The number of rotatable bonds is 2. The highest BCUT2D eigenvalue weighted by Gasteiger charge is 2.17. The number of ether oxygens (including phenoxy) is 1. The molecule has 0 atom stereocenters. The van der Waals surface area contributed by atoms with Gasteiger partial charge in [0.2, 0.25) is 10.0 Å². The van der Waals surface area contributed by atoms with Crippen LogP contribution in [-0.2, 0) is 14.8 Å². The third-order valence-electron chi connectivity index (χ3n) is 1.53. The molecule has 0 bridgehead atoms. The molecule has 0 aliphatic rings. The molecule has 82 valence electrons. The van der Waals surface area contributed by atoms with Crippen molar-refractivity contribution in [1.29, 1.82) is 0 Å². The molecule has 1 aromatic heterocycles. The van der Waals surface area contributed by atoms with E-state index in [2.05, 4.69) is 9.72 Å². The molecule has 0 saturated heterocycles. The van der Waals surface area contributed by atoms with Crippen molar-refractivity contribution in [2.75, 3.05) is 7.11 Å². The Morgan fingerprint density at radius 2 is 2.20 bits per heavy atom. The zero-order valence-electron chi connectivity index (χ0n) is 7.60. The Morgan fingerprint density at radius 1 is 1.60 bits per heavy atom. The summed E-state index contributed by atoms with van der Waals surface area (Å²) in [5.41, 5.74) is -0.0362. The summed E-state index contributed by atoms with van der Waals surface area (Å²) in [4.78, 5) is 14.2. The highest BCUT2D eigenvalue weighted by molar-refractivity contribution is 7.89. The molecule has 0 amide bonds. The van der Waals surface area contributed by atoms with Crippen molar-refractivity contribution in [1.82, 2.24) is 4.98 Å². The Kier molecular flexibility index (Phi) is 3.28. The van der Waals surface area contributed by atoms with E-state index >= 15 is 0 Å². The van der Waals surface area contributed by atoms with Gasteiger partial charge in [0, 0.05) is 6.20 Å². The molecule has 15 heavy (non-hydrogen) atoms. The van der Waals surface area contributed by atoms with Crippen LogP contribution in [0.4, 0.5) is 0 Å². The number of halogens is 1. The predicted molar refractivity (Wildman–Crippen MR) is 52.0 cm³/mol. The molecule has 0 aliphatic heterocycles. The Bertz CT molecular complexity index is 500. The van der Waals surface area contributed by atoms with Crippen molar-refractivity contribution in [3.05, 3.63) is 23.0 Å². The summed E-state index contributed by atoms with van der Waals surface area (Å²) in [6.07, 6.45) is 1.10. The Balaban J connectivity index is 3.36. The van der Waals surface area contributed by atoms with Crippen molar-refractivity contribution in [3.63, 3.8) is 0 Å². The number of nitrogens with two attached hydrogens (primary N) is 1. The predicted octanol–water partition coefficient (Wildman–Crippen LogP) is 0.169. The van der Waals surface area contributed by atoms with E-state index in [9.17, 15) is 13.2 Å². The maximum Gasteiger partial charge on any atom is 0.339 e. The second-order valence-corrected chi connectivity index (χ2v) is 4.44. The lowest BCUT2D eigenvalue weighted by Crippen LogP contribution is -2.14. The first-order chi connectivity index (χ1) is 6.86. The minimum absolute atomic E-state index is 0.0362. The molecule has 0 aromatic carbocycles. The molecule has 1 rings (SSSR count). The number of aromatic nitrogens is 1. The van der Waals surface area contributed by atoms with Crippen LogP contribution in [0, 0.1) is 0 Å². The van der Waals surface area contributed by atoms with Crippen LogP contribution in [0.25, 0.3) is 0 Å². The van der Waals surface area contributed by atoms with E-state index in [0.717, 1.165) is 19.4 Å². The molecule has 0 saturated carbocycles. The van der Waals surface area contributed by atoms with E-state index in [4.69, 9.17) is 16.7 Å². The average molecular weight is 251 g/mol. The minimum Gasteiger partial charge on any atom is -0.465 e. The van der Waals surface area contributed by atoms with Crippen LogP contribution in [-0.4, -0.2) is 26.5 Å². The molecule has 8 heteroatoms. The molecule has 2 N–H and O–H groups in total. The van der Waals surface area contributed by atoms with Crippen LogP contribution < -0.4 is 5.14 Å². The summed E-state index contributed by atoms with van der Waals surface area (Å²) in [5.74, 6) is -0.718. The fourth-order valence-electron chi connectivity index (χ4n) is 0.857. The Labute approximate surface area is 91.1 Å². The van der Waals surface area contributed by atoms with Gasteiger partial charge in [0.1, 0.15) is 10.0 Å². The Hall–Kier alpha value is -1.18. The number of esters is 1. The lowest BCUT2D eigenvalue weighted by atomic mass is 10.3. The van der Waals surface area contributed by atoms with Gasteiger partial charge in [-0.05, 0) is 6.07 Å². The SMILES string of the molecule is COC(=O)c1cnc(Cl)c(S(N)(=O)=O)c1. The van der Waals surface area contributed by atoms with Crippen LogP contribution in [0.3, 0.4) is 0 Å². The van der Waals surface area contributed by atoms with E-state index < -0.39 is 20.9 Å². The average Bonchev–Trinajstić information content (AvgIpc) is 2.15. The van der Waals surface area contributed by atoms with Gasteiger partial charge in [-0.3, -0.25) is 0 Å². The molecule has 1 aromatic rings. The van der Waals surface area contributed by atoms with Gasteiger partial charge in [-0.25, -0.2) is 23.3 Å². The highest BCUT2D eigenvalue weighted by Crippen LogP contribution is 2.18. The first-order valence-corrected chi connectivity index (χ1v) is 5.55. The molecule has 1 heterocycles. The second kappa shape index (κ2) is 4.13. The van der Waals surface area contributed by atoms with E-state index in [-0.39, 0.29) is 10.7 Å². The third-order valence-corrected chi connectivity index (χ3v) is 2.87. The van der Waals surface area contributed by atoms with E-state index in [1.807, 2.05) is 0 Å². The zero-order valence-corrected chi connectivity index (χ0v) is 9.17. The van der Waals surface area contributed by atoms with E-state index in [1.54, 1.807) is 0 Å². The summed E-state index contributed by atoms with van der Waals surface area (Å²) in [5, 5.41) is 4.58. The number of nitrogens with zero attached hydrogens (tertiary/aromatic N) is 1. The van der Waals surface area contributed by atoms with E-state index in [0.29, 0.717) is 0 Å². The topological polar surface area (TPSA) is 99.3 Å². The summed E-state index contributed by atoms with van der Waals surface area (Å²) in [7, 11) is -2.84. The first kappa shape index (κ1) is 11.9. The summed E-state index contributed by atoms with van der Waals surface area (Å²) >= 11 is 5.51. The van der Waals surface area contributed by atoms with Gasteiger partial charge in [-0.15, -0.1) is 0 Å². The van der Waals surface area contributed by atoms with Crippen molar-refractivity contribution in [2.45, 2.75) is 4.90 Å². The number of hydrogen-bond donors (Lipinski definition) is 1. The van der Waals surface area contributed by atoms with Gasteiger partial charge in [-0.1, -0.05) is 11.6 Å². The standard InChI is InChI=1S/C7H7ClN2O4S/c1-14-7(11)4-2-5(15(9,12)13)6(8)10-3-4/h2-3H,1H3,(H2,9,12,13). The number of pyridine rings is 1. The van der Waals surface area contributed by atoms with Crippen molar-refractivity contribution in [2.24, 2.45) is 5.14 Å². The van der Waals surface area contributed by atoms with Gasteiger partial charge in [0.05, 0.1) is 12.7 Å². The van der Waals surface area contributed by atoms with Crippen LogP contribution >= 0.6 is 11.6 Å². The molecule has 0 aliphatic carbocycles. The quantitative estimate of drug-likeness (QED) is 0.596. The van der Waals surface area contributed by atoms with Gasteiger partial charge in [0.25, 0.3) is 0 Å². The monoisotopic (exact) mass is 250 g/mol. The maximum absolute atomic E-state index is 11.1. The minimum atomic E-state index is -4.00. The number of hydrogen-bond acceptors (Lipinski definition) is 5. The second-order valence-electron chi connectivity index (χ2n) is 2.55. The molecule has 6 nitrogen and oxygen atoms in total. The molecule has 0 radical (unpaired) electrons. The highest BCUT2D eigenvalue weighted by atomic mass is 35.5. The van der Waals surface area contributed by atoms with Crippen LogP contribution in [0.15, 0.2) is 17.2 Å². The Morgan fingerprint density at radius 3 is 2.67 bits per heavy atom. The van der Waals surface area contributed by atoms with E-state index in [1.165, 1.54) is 0 Å². The van der Waals surface area contributed by atoms with Crippen molar-refractivity contribution < 1.29 is 17.9 Å². The number of carbonyl (C=O) groups is 1. The van der Waals surface area contributed by atoms with Gasteiger partial charge in [0.15, 0.2) is 0 Å². The summed E-state index contributed by atoms with van der Waals surface area (Å²) in [6.45, 7) is 0.